The maximum Gasteiger partial charge on any atom is 0.305 e. The summed E-state index contributed by atoms with van der Waals surface area (Å²) in [6, 6.07) is 13.3. The summed E-state index contributed by atoms with van der Waals surface area (Å²) in [4.78, 5) is 9.86. The van der Waals surface area contributed by atoms with Gasteiger partial charge in [-0.3, -0.25) is 10.1 Å². The van der Waals surface area contributed by atoms with Crippen molar-refractivity contribution < 1.29 is 9.31 Å². The molecule has 2 aromatic rings. The highest BCUT2D eigenvalue weighted by atomic mass is 19.1. The predicted octanol–water partition coefficient (Wildman–Crippen LogP) is 3.90. The third-order valence-electron chi connectivity index (χ3n) is 2.43. The van der Waals surface area contributed by atoms with E-state index in [0.29, 0.717) is 5.56 Å². The lowest BCUT2D eigenvalue weighted by Crippen LogP contribution is -1.92. The lowest BCUT2D eigenvalue weighted by Gasteiger charge is -1.96. The Kier molecular flexibility index (Phi) is 3.48. The molecule has 0 bridgehead atoms. The standard InChI is InChI=1S/C14H10FNO2/c15-13-9-8-12(10-14(13)16(17)18)7-6-11-4-2-1-3-5-11/h1-10H. The van der Waals surface area contributed by atoms with Crippen LogP contribution in [0.4, 0.5) is 10.1 Å². The molecule has 0 saturated heterocycles. The molecule has 0 aliphatic heterocycles. The molecular weight excluding hydrogens is 233 g/mol. The molecule has 0 radical (unpaired) electrons. The van der Waals surface area contributed by atoms with Crippen LogP contribution in [0.1, 0.15) is 11.1 Å². The highest BCUT2D eigenvalue weighted by Crippen LogP contribution is 2.19. The Morgan fingerprint density at radius 1 is 1.00 bits per heavy atom. The minimum atomic E-state index is -0.822. The largest absolute Gasteiger partial charge is 0.305 e. The van der Waals surface area contributed by atoms with E-state index < -0.39 is 16.4 Å². The zero-order valence-electron chi connectivity index (χ0n) is 9.42. The van der Waals surface area contributed by atoms with Gasteiger partial charge in [-0.1, -0.05) is 48.6 Å². The number of halogens is 1. The van der Waals surface area contributed by atoms with Crippen LogP contribution in [0.5, 0.6) is 0 Å². The van der Waals surface area contributed by atoms with Gasteiger partial charge in [0.2, 0.25) is 5.82 Å². The van der Waals surface area contributed by atoms with Crippen LogP contribution in [0, 0.1) is 15.9 Å². The lowest BCUT2D eigenvalue weighted by atomic mass is 10.1. The summed E-state index contributed by atoms with van der Waals surface area (Å²) in [6.45, 7) is 0. The first-order chi connectivity index (χ1) is 8.66. The van der Waals surface area contributed by atoms with E-state index in [1.807, 2.05) is 36.4 Å². The van der Waals surface area contributed by atoms with Crippen molar-refractivity contribution in [2.75, 3.05) is 0 Å². The molecule has 0 unspecified atom stereocenters. The van der Waals surface area contributed by atoms with Crippen LogP contribution in [0.15, 0.2) is 48.5 Å². The van der Waals surface area contributed by atoms with Crippen LogP contribution in [-0.2, 0) is 0 Å². The van der Waals surface area contributed by atoms with Gasteiger partial charge in [0.25, 0.3) is 0 Å². The molecule has 0 aliphatic rings. The minimum absolute atomic E-state index is 0.509. The van der Waals surface area contributed by atoms with Crippen LogP contribution in [0.25, 0.3) is 12.2 Å². The molecule has 2 rings (SSSR count). The van der Waals surface area contributed by atoms with Gasteiger partial charge in [-0.15, -0.1) is 0 Å². The first kappa shape index (κ1) is 12.0. The van der Waals surface area contributed by atoms with Crippen molar-refractivity contribution in [3.63, 3.8) is 0 Å². The lowest BCUT2D eigenvalue weighted by molar-refractivity contribution is -0.387. The molecule has 0 atom stereocenters. The first-order valence-corrected chi connectivity index (χ1v) is 5.34. The fraction of sp³-hybridized carbons (Fsp3) is 0. The number of nitro benzene ring substituents is 1. The van der Waals surface area contributed by atoms with E-state index in [2.05, 4.69) is 0 Å². The number of nitrogens with zero attached hydrogens (tertiary/aromatic N) is 1. The topological polar surface area (TPSA) is 43.1 Å². The fourth-order valence-electron chi connectivity index (χ4n) is 1.53. The molecular formula is C14H10FNO2. The number of benzene rings is 2. The number of rotatable bonds is 3. The summed E-state index contributed by atoms with van der Waals surface area (Å²) < 4.78 is 13.1. The molecule has 0 spiro atoms. The molecule has 0 aromatic heterocycles. The first-order valence-electron chi connectivity index (χ1n) is 5.34. The van der Waals surface area contributed by atoms with E-state index >= 15 is 0 Å². The van der Waals surface area contributed by atoms with Crippen LogP contribution < -0.4 is 0 Å². The zero-order valence-corrected chi connectivity index (χ0v) is 9.42. The second-order valence-electron chi connectivity index (χ2n) is 3.71. The van der Waals surface area contributed by atoms with Crippen molar-refractivity contribution in [2.24, 2.45) is 0 Å². The summed E-state index contributed by atoms with van der Waals surface area (Å²) in [5, 5.41) is 10.6. The van der Waals surface area contributed by atoms with Gasteiger partial charge in [-0.05, 0) is 17.2 Å². The Morgan fingerprint density at radius 2 is 1.67 bits per heavy atom. The quantitative estimate of drug-likeness (QED) is 0.466. The molecule has 90 valence electrons. The Morgan fingerprint density at radius 3 is 2.33 bits per heavy atom. The summed E-state index contributed by atoms with van der Waals surface area (Å²) in [6.07, 6.45) is 3.53. The maximum absolute atomic E-state index is 13.1. The normalized spacial score (nSPS) is 10.7. The van der Waals surface area contributed by atoms with E-state index in [0.717, 1.165) is 11.6 Å². The number of nitro groups is 1. The maximum atomic E-state index is 13.1. The number of hydrogen-bond acceptors (Lipinski definition) is 2. The second kappa shape index (κ2) is 5.23. The van der Waals surface area contributed by atoms with Crippen molar-refractivity contribution in [1.29, 1.82) is 0 Å². The van der Waals surface area contributed by atoms with Crippen molar-refractivity contribution in [2.45, 2.75) is 0 Å². The van der Waals surface area contributed by atoms with Crippen LogP contribution in [0.3, 0.4) is 0 Å². The smallest absolute Gasteiger partial charge is 0.258 e. The van der Waals surface area contributed by atoms with E-state index in [1.54, 1.807) is 6.08 Å². The monoisotopic (exact) mass is 243 g/mol. The molecule has 0 saturated carbocycles. The third-order valence-corrected chi connectivity index (χ3v) is 2.43. The van der Waals surface area contributed by atoms with Gasteiger partial charge in [-0.25, -0.2) is 0 Å². The van der Waals surface area contributed by atoms with Crippen molar-refractivity contribution in [3.8, 4) is 0 Å². The van der Waals surface area contributed by atoms with Gasteiger partial charge < -0.3 is 0 Å². The molecule has 0 aliphatic carbocycles. The Labute approximate surface area is 103 Å². The molecule has 2 aromatic carbocycles. The van der Waals surface area contributed by atoms with E-state index in [-0.39, 0.29) is 0 Å². The van der Waals surface area contributed by atoms with Crippen LogP contribution in [0.2, 0.25) is 0 Å². The zero-order chi connectivity index (χ0) is 13.0. The van der Waals surface area contributed by atoms with E-state index in [9.17, 15) is 14.5 Å². The van der Waals surface area contributed by atoms with Gasteiger partial charge in [0.15, 0.2) is 0 Å². The highest BCUT2D eigenvalue weighted by Gasteiger charge is 2.12. The average Bonchev–Trinajstić information content (AvgIpc) is 2.38. The molecule has 0 N–H and O–H groups in total. The van der Waals surface area contributed by atoms with Crippen LogP contribution >= 0.6 is 0 Å². The average molecular weight is 243 g/mol. The summed E-state index contributed by atoms with van der Waals surface area (Å²) in [7, 11) is 0. The molecule has 18 heavy (non-hydrogen) atoms. The second-order valence-corrected chi connectivity index (χ2v) is 3.71. The molecule has 3 nitrogen and oxygen atoms in total. The summed E-state index contributed by atoms with van der Waals surface area (Å²) in [5.41, 5.74) is 1.06. The fourth-order valence-corrected chi connectivity index (χ4v) is 1.53. The highest BCUT2D eigenvalue weighted by molar-refractivity contribution is 5.70. The number of hydrogen-bond donors (Lipinski definition) is 0. The Balaban J connectivity index is 2.28. The predicted molar refractivity (Wildman–Crippen MR) is 68.4 cm³/mol. The summed E-state index contributed by atoms with van der Waals surface area (Å²) in [5.74, 6) is -0.822. The molecule has 0 amide bonds. The molecule has 0 fully saturated rings. The van der Waals surface area contributed by atoms with Crippen molar-refractivity contribution in [3.05, 3.63) is 75.6 Å². The minimum Gasteiger partial charge on any atom is -0.258 e. The summed E-state index contributed by atoms with van der Waals surface area (Å²) >= 11 is 0. The van der Waals surface area contributed by atoms with E-state index in [1.165, 1.54) is 12.1 Å². The van der Waals surface area contributed by atoms with Gasteiger partial charge in [-0.2, -0.15) is 4.39 Å². The van der Waals surface area contributed by atoms with Gasteiger partial charge in [0, 0.05) is 6.07 Å². The van der Waals surface area contributed by atoms with Crippen molar-refractivity contribution in [1.82, 2.24) is 0 Å². The van der Waals surface area contributed by atoms with Crippen molar-refractivity contribution >= 4 is 17.8 Å². The van der Waals surface area contributed by atoms with Gasteiger partial charge in [0.1, 0.15) is 0 Å². The van der Waals surface area contributed by atoms with E-state index in [4.69, 9.17) is 0 Å². The Hall–Kier alpha value is -2.49. The Bertz CT molecular complexity index is 594. The SMILES string of the molecule is O=[N+]([O-])c1cc(C=Cc2ccccc2)ccc1F. The van der Waals surface area contributed by atoms with Gasteiger partial charge in [0.05, 0.1) is 4.92 Å². The molecule has 0 heterocycles. The molecule has 4 heteroatoms. The van der Waals surface area contributed by atoms with Crippen LogP contribution in [-0.4, -0.2) is 4.92 Å². The third kappa shape index (κ3) is 2.79. The van der Waals surface area contributed by atoms with Gasteiger partial charge >= 0.3 is 5.69 Å².